The van der Waals surface area contributed by atoms with Gasteiger partial charge in [-0.1, -0.05) is 20.3 Å². The van der Waals surface area contributed by atoms with Gasteiger partial charge in [0, 0.05) is 13.1 Å². The molecule has 0 bridgehead atoms. The lowest BCUT2D eigenvalue weighted by molar-refractivity contribution is 0.310. The maximum absolute atomic E-state index is 5.43. The van der Waals surface area contributed by atoms with Crippen molar-refractivity contribution in [3.8, 4) is 0 Å². The maximum Gasteiger partial charge on any atom is 0.0102 e. The molecule has 0 aromatic heterocycles. The molecule has 0 heterocycles. The summed E-state index contributed by atoms with van der Waals surface area (Å²) in [5, 5.41) is 0. The highest BCUT2D eigenvalue weighted by Crippen LogP contribution is 2.06. The molecule has 0 aromatic carbocycles. The van der Waals surface area contributed by atoms with Crippen LogP contribution >= 0.6 is 0 Å². The van der Waals surface area contributed by atoms with Gasteiger partial charge in [0.15, 0.2) is 0 Å². The smallest absolute Gasteiger partial charge is 0.0102 e. The van der Waals surface area contributed by atoms with Crippen molar-refractivity contribution in [2.75, 3.05) is 26.7 Å². The Morgan fingerprint density at radius 3 is 2.45 bits per heavy atom. The average Bonchev–Trinajstić information content (AvgIpc) is 2.01. The van der Waals surface area contributed by atoms with Crippen molar-refractivity contribution < 1.29 is 0 Å². The zero-order valence-corrected chi connectivity index (χ0v) is 8.14. The fourth-order valence-corrected chi connectivity index (χ4v) is 0.977. The monoisotopic (exact) mass is 158 g/mol. The van der Waals surface area contributed by atoms with Crippen LogP contribution in [0.25, 0.3) is 0 Å². The van der Waals surface area contributed by atoms with Gasteiger partial charge in [-0.2, -0.15) is 0 Å². The van der Waals surface area contributed by atoms with E-state index in [1.54, 1.807) is 0 Å². The van der Waals surface area contributed by atoms with Crippen molar-refractivity contribution in [2.24, 2.45) is 11.7 Å². The summed E-state index contributed by atoms with van der Waals surface area (Å²) in [7, 11) is 2.13. The van der Waals surface area contributed by atoms with Gasteiger partial charge in [0.1, 0.15) is 0 Å². The Hall–Kier alpha value is -0.0800. The first-order chi connectivity index (χ1) is 5.20. The zero-order chi connectivity index (χ0) is 8.69. The third-order valence-electron chi connectivity index (χ3n) is 2.21. The minimum absolute atomic E-state index is 0.775. The van der Waals surface area contributed by atoms with Gasteiger partial charge in [0.2, 0.25) is 0 Å². The Bertz CT molecular complexity index is 83.6. The van der Waals surface area contributed by atoms with Crippen LogP contribution in [0.5, 0.6) is 0 Å². The molecule has 0 fully saturated rings. The Balaban J connectivity index is 3.22. The van der Waals surface area contributed by atoms with Gasteiger partial charge in [-0.3, -0.25) is 0 Å². The van der Waals surface area contributed by atoms with Crippen molar-refractivity contribution in [1.29, 1.82) is 0 Å². The van der Waals surface area contributed by atoms with E-state index < -0.39 is 0 Å². The summed E-state index contributed by atoms with van der Waals surface area (Å²) in [4.78, 5) is 2.30. The second-order valence-corrected chi connectivity index (χ2v) is 3.39. The molecule has 0 rings (SSSR count). The lowest BCUT2D eigenvalue weighted by Gasteiger charge is -2.17. The van der Waals surface area contributed by atoms with Gasteiger partial charge in [-0.05, 0) is 25.9 Å². The minimum Gasteiger partial charge on any atom is -0.329 e. The molecule has 0 spiro atoms. The number of likely N-dealkylation sites (N-methyl/N-ethyl adjacent to an activating group) is 1. The standard InChI is InChI=1S/C9H22N2/c1-4-9(2)5-7-11(3)8-6-10/h9H,4-8,10H2,1-3H3. The van der Waals surface area contributed by atoms with Crippen LogP contribution in [-0.4, -0.2) is 31.6 Å². The quantitative estimate of drug-likeness (QED) is 0.631. The topological polar surface area (TPSA) is 29.3 Å². The minimum atomic E-state index is 0.775. The number of nitrogens with zero attached hydrogens (tertiary/aromatic N) is 1. The number of nitrogens with two attached hydrogens (primary N) is 1. The Morgan fingerprint density at radius 1 is 1.36 bits per heavy atom. The predicted octanol–water partition coefficient (Wildman–Crippen LogP) is 1.31. The summed E-state index contributed by atoms with van der Waals surface area (Å²) >= 11 is 0. The molecule has 0 saturated heterocycles. The third kappa shape index (κ3) is 6.32. The molecule has 0 aliphatic carbocycles. The van der Waals surface area contributed by atoms with Crippen molar-refractivity contribution in [2.45, 2.75) is 26.7 Å². The first kappa shape index (κ1) is 10.9. The molecular formula is C9H22N2. The van der Waals surface area contributed by atoms with Crippen molar-refractivity contribution in [3.05, 3.63) is 0 Å². The van der Waals surface area contributed by atoms with Crippen LogP contribution in [0.15, 0.2) is 0 Å². The number of hydrogen-bond acceptors (Lipinski definition) is 2. The van der Waals surface area contributed by atoms with E-state index in [2.05, 4.69) is 25.8 Å². The molecule has 2 N–H and O–H groups in total. The van der Waals surface area contributed by atoms with E-state index in [-0.39, 0.29) is 0 Å². The molecule has 1 unspecified atom stereocenters. The Kier molecular flexibility index (Phi) is 6.57. The first-order valence-electron chi connectivity index (χ1n) is 4.59. The highest BCUT2D eigenvalue weighted by molar-refractivity contribution is 4.56. The molecule has 0 amide bonds. The van der Waals surface area contributed by atoms with Crippen LogP contribution in [0.4, 0.5) is 0 Å². The van der Waals surface area contributed by atoms with Crippen LogP contribution in [-0.2, 0) is 0 Å². The molecule has 11 heavy (non-hydrogen) atoms. The number of rotatable bonds is 6. The van der Waals surface area contributed by atoms with Crippen molar-refractivity contribution in [3.63, 3.8) is 0 Å². The van der Waals surface area contributed by atoms with Crippen LogP contribution in [0.3, 0.4) is 0 Å². The van der Waals surface area contributed by atoms with Crippen LogP contribution in [0.2, 0.25) is 0 Å². The van der Waals surface area contributed by atoms with Gasteiger partial charge in [0.05, 0.1) is 0 Å². The van der Waals surface area contributed by atoms with Crippen molar-refractivity contribution >= 4 is 0 Å². The lowest BCUT2D eigenvalue weighted by atomic mass is 10.1. The molecule has 0 aliphatic rings. The normalized spacial score (nSPS) is 13.9. The van der Waals surface area contributed by atoms with E-state index >= 15 is 0 Å². The fourth-order valence-electron chi connectivity index (χ4n) is 0.977. The van der Waals surface area contributed by atoms with E-state index in [0.29, 0.717) is 0 Å². The van der Waals surface area contributed by atoms with Gasteiger partial charge < -0.3 is 10.6 Å². The van der Waals surface area contributed by atoms with Gasteiger partial charge >= 0.3 is 0 Å². The fraction of sp³-hybridized carbons (Fsp3) is 1.00. The molecule has 0 aliphatic heterocycles. The molecular weight excluding hydrogens is 136 g/mol. The van der Waals surface area contributed by atoms with Crippen LogP contribution in [0.1, 0.15) is 26.7 Å². The van der Waals surface area contributed by atoms with E-state index in [1.165, 1.54) is 19.4 Å². The maximum atomic E-state index is 5.43. The molecule has 0 saturated carbocycles. The van der Waals surface area contributed by atoms with E-state index in [1.807, 2.05) is 0 Å². The van der Waals surface area contributed by atoms with Gasteiger partial charge in [-0.25, -0.2) is 0 Å². The summed E-state index contributed by atoms with van der Waals surface area (Å²) in [5.74, 6) is 0.857. The molecule has 0 radical (unpaired) electrons. The molecule has 2 heteroatoms. The Morgan fingerprint density at radius 2 is 2.00 bits per heavy atom. The summed E-state index contributed by atoms with van der Waals surface area (Å²) < 4.78 is 0. The van der Waals surface area contributed by atoms with E-state index in [4.69, 9.17) is 5.73 Å². The second kappa shape index (κ2) is 6.62. The SMILES string of the molecule is CCC(C)CCN(C)CCN. The summed E-state index contributed by atoms with van der Waals surface area (Å²) in [6.07, 6.45) is 2.59. The number of hydrogen-bond donors (Lipinski definition) is 1. The Labute approximate surface area is 70.8 Å². The van der Waals surface area contributed by atoms with Crippen molar-refractivity contribution in [1.82, 2.24) is 4.90 Å². The van der Waals surface area contributed by atoms with Crippen LogP contribution < -0.4 is 5.73 Å². The van der Waals surface area contributed by atoms with E-state index in [0.717, 1.165) is 19.0 Å². The first-order valence-corrected chi connectivity index (χ1v) is 4.59. The lowest BCUT2D eigenvalue weighted by Crippen LogP contribution is -2.27. The summed E-state index contributed by atoms with van der Waals surface area (Å²) in [6, 6.07) is 0. The van der Waals surface area contributed by atoms with Gasteiger partial charge in [0.25, 0.3) is 0 Å². The molecule has 0 aromatic rings. The summed E-state index contributed by atoms with van der Waals surface area (Å²) in [6.45, 7) is 7.53. The third-order valence-corrected chi connectivity index (χ3v) is 2.21. The van der Waals surface area contributed by atoms with Crippen LogP contribution in [0, 0.1) is 5.92 Å². The largest absolute Gasteiger partial charge is 0.329 e. The summed E-state index contributed by atoms with van der Waals surface area (Å²) in [5.41, 5.74) is 5.43. The van der Waals surface area contributed by atoms with Gasteiger partial charge in [-0.15, -0.1) is 0 Å². The second-order valence-electron chi connectivity index (χ2n) is 3.39. The highest BCUT2D eigenvalue weighted by atomic mass is 15.1. The average molecular weight is 158 g/mol. The predicted molar refractivity (Wildman–Crippen MR) is 50.6 cm³/mol. The van der Waals surface area contributed by atoms with E-state index in [9.17, 15) is 0 Å². The highest BCUT2D eigenvalue weighted by Gasteiger charge is 2.00. The zero-order valence-electron chi connectivity index (χ0n) is 8.14. The molecule has 2 nitrogen and oxygen atoms in total. The molecule has 68 valence electrons. The molecule has 1 atom stereocenters.